The van der Waals surface area contributed by atoms with E-state index in [1.54, 1.807) is 0 Å². The lowest BCUT2D eigenvalue weighted by Crippen LogP contribution is -2.09. The predicted molar refractivity (Wildman–Crippen MR) is 75.1 cm³/mol. The Morgan fingerprint density at radius 1 is 1.21 bits per heavy atom. The molecule has 0 radical (unpaired) electrons. The Morgan fingerprint density at radius 3 is 2.63 bits per heavy atom. The Balaban J connectivity index is 2.33. The van der Waals surface area contributed by atoms with Gasteiger partial charge in [0.2, 0.25) is 0 Å². The molecule has 4 heteroatoms. The van der Waals surface area contributed by atoms with Gasteiger partial charge in [-0.05, 0) is 30.7 Å². The van der Waals surface area contributed by atoms with Crippen molar-refractivity contribution in [3.05, 3.63) is 58.9 Å². The van der Waals surface area contributed by atoms with Gasteiger partial charge in [-0.15, -0.1) is 0 Å². The largest absolute Gasteiger partial charge is 0.455 e. The van der Waals surface area contributed by atoms with Crippen LogP contribution < -0.4 is 10.5 Å². The third kappa shape index (κ3) is 3.25. The Hall–Kier alpha value is -1.58. The maximum Gasteiger partial charge on any atom is 0.146 e. The van der Waals surface area contributed by atoms with Crippen LogP contribution >= 0.6 is 11.6 Å². The first kappa shape index (κ1) is 13.8. The highest BCUT2D eigenvalue weighted by Crippen LogP contribution is 2.33. The summed E-state index contributed by atoms with van der Waals surface area (Å²) >= 11 is 5.95. The molecule has 0 aliphatic carbocycles. The SMILES string of the molecule is CCC(N)c1ccccc1Oc1ccc(F)cc1Cl. The van der Waals surface area contributed by atoms with E-state index in [1.807, 2.05) is 31.2 Å². The van der Waals surface area contributed by atoms with Crippen LogP contribution in [0.1, 0.15) is 24.9 Å². The zero-order valence-corrected chi connectivity index (χ0v) is 11.3. The summed E-state index contributed by atoms with van der Waals surface area (Å²) in [4.78, 5) is 0. The van der Waals surface area contributed by atoms with Crippen molar-refractivity contribution in [2.24, 2.45) is 5.73 Å². The third-order valence-electron chi connectivity index (χ3n) is 2.87. The van der Waals surface area contributed by atoms with Gasteiger partial charge in [0.25, 0.3) is 0 Å². The van der Waals surface area contributed by atoms with Gasteiger partial charge in [0.05, 0.1) is 5.02 Å². The number of para-hydroxylation sites is 1. The maximum atomic E-state index is 13.0. The standard InChI is InChI=1S/C15H15ClFNO/c1-2-13(18)11-5-3-4-6-14(11)19-15-8-7-10(17)9-12(15)16/h3-9,13H,2,18H2,1H3. The molecular formula is C15H15ClFNO. The average Bonchev–Trinajstić information content (AvgIpc) is 2.41. The highest BCUT2D eigenvalue weighted by Gasteiger charge is 2.12. The van der Waals surface area contributed by atoms with E-state index < -0.39 is 5.82 Å². The van der Waals surface area contributed by atoms with Crippen molar-refractivity contribution < 1.29 is 9.13 Å². The van der Waals surface area contributed by atoms with E-state index in [1.165, 1.54) is 18.2 Å². The van der Waals surface area contributed by atoms with E-state index >= 15 is 0 Å². The van der Waals surface area contributed by atoms with E-state index in [0.29, 0.717) is 11.5 Å². The molecule has 19 heavy (non-hydrogen) atoms. The second kappa shape index (κ2) is 6.04. The molecule has 0 saturated heterocycles. The lowest BCUT2D eigenvalue weighted by atomic mass is 10.0. The van der Waals surface area contributed by atoms with Gasteiger partial charge in [0.15, 0.2) is 0 Å². The number of ether oxygens (including phenoxy) is 1. The number of benzene rings is 2. The molecule has 0 saturated carbocycles. The van der Waals surface area contributed by atoms with Crippen molar-refractivity contribution >= 4 is 11.6 Å². The number of nitrogens with two attached hydrogens (primary N) is 1. The summed E-state index contributed by atoms with van der Waals surface area (Å²) in [6, 6.07) is 11.4. The van der Waals surface area contributed by atoms with E-state index in [4.69, 9.17) is 22.1 Å². The number of hydrogen-bond donors (Lipinski definition) is 1. The van der Waals surface area contributed by atoms with Gasteiger partial charge in [0.1, 0.15) is 17.3 Å². The van der Waals surface area contributed by atoms with Crippen LogP contribution in [0.3, 0.4) is 0 Å². The monoisotopic (exact) mass is 279 g/mol. The first-order valence-electron chi connectivity index (χ1n) is 6.09. The van der Waals surface area contributed by atoms with Crippen LogP contribution in [0.2, 0.25) is 5.02 Å². The summed E-state index contributed by atoms with van der Waals surface area (Å²) in [7, 11) is 0. The van der Waals surface area contributed by atoms with Crippen LogP contribution in [-0.2, 0) is 0 Å². The summed E-state index contributed by atoms with van der Waals surface area (Å²) in [6.45, 7) is 2.01. The summed E-state index contributed by atoms with van der Waals surface area (Å²) in [6.07, 6.45) is 0.803. The van der Waals surface area contributed by atoms with Gasteiger partial charge in [0, 0.05) is 11.6 Å². The Morgan fingerprint density at radius 2 is 1.95 bits per heavy atom. The first-order chi connectivity index (χ1) is 9.11. The normalized spacial score (nSPS) is 12.2. The molecule has 2 N–H and O–H groups in total. The molecule has 0 aromatic heterocycles. The minimum absolute atomic E-state index is 0.101. The second-order valence-corrected chi connectivity index (χ2v) is 4.64. The summed E-state index contributed by atoms with van der Waals surface area (Å²) < 4.78 is 18.7. The van der Waals surface area contributed by atoms with Gasteiger partial charge in [-0.25, -0.2) is 4.39 Å². The summed E-state index contributed by atoms with van der Waals surface area (Å²) in [5, 5.41) is 0.236. The highest BCUT2D eigenvalue weighted by atomic mass is 35.5. The Labute approximate surface area is 117 Å². The minimum atomic E-state index is -0.393. The third-order valence-corrected chi connectivity index (χ3v) is 3.17. The van der Waals surface area contributed by atoms with E-state index in [9.17, 15) is 4.39 Å². The quantitative estimate of drug-likeness (QED) is 0.882. The van der Waals surface area contributed by atoms with Crippen molar-refractivity contribution in [1.29, 1.82) is 0 Å². The van der Waals surface area contributed by atoms with Crippen molar-refractivity contribution in [2.45, 2.75) is 19.4 Å². The maximum absolute atomic E-state index is 13.0. The van der Waals surface area contributed by atoms with Crippen LogP contribution in [0.25, 0.3) is 0 Å². The smallest absolute Gasteiger partial charge is 0.146 e. The van der Waals surface area contributed by atoms with Crippen LogP contribution in [0, 0.1) is 5.82 Å². The molecule has 0 fully saturated rings. The minimum Gasteiger partial charge on any atom is -0.455 e. The lowest BCUT2D eigenvalue weighted by Gasteiger charge is -2.16. The van der Waals surface area contributed by atoms with Crippen molar-refractivity contribution in [1.82, 2.24) is 0 Å². The molecule has 2 nitrogen and oxygen atoms in total. The van der Waals surface area contributed by atoms with Crippen LogP contribution in [-0.4, -0.2) is 0 Å². The second-order valence-electron chi connectivity index (χ2n) is 4.23. The molecule has 2 aromatic carbocycles. The molecular weight excluding hydrogens is 265 g/mol. The number of rotatable bonds is 4. The van der Waals surface area contributed by atoms with Gasteiger partial charge >= 0.3 is 0 Å². The zero-order valence-electron chi connectivity index (χ0n) is 10.6. The molecule has 1 unspecified atom stereocenters. The molecule has 2 aromatic rings. The molecule has 0 aliphatic rings. The Kier molecular flexibility index (Phi) is 4.40. The van der Waals surface area contributed by atoms with E-state index in [2.05, 4.69) is 0 Å². The number of hydrogen-bond acceptors (Lipinski definition) is 2. The van der Waals surface area contributed by atoms with Crippen LogP contribution in [0.4, 0.5) is 4.39 Å². The van der Waals surface area contributed by atoms with E-state index in [0.717, 1.165) is 12.0 Å². The molecule has 2 rings (SSSR count). The fourth-order valence-electron chi connectivity index (χ4n) is 1.78. The van der Waals surface area contributed by atoms with Crippen molar-refractivity contribution in [2.75, 3.05) is 0 Å². The van der Waals surface area contributed by atoms with Gasteiger partial charge in [-0.3, -0.25) is 0 Å². The lowest BCUT2D eigenvalue weighted by molar-refractivity contribution is 0.467. The topological polar surface area (TPSA) is 35.2 Å². The van der Waals surface area contributed by atoms with E-state index in [-0.39, 0.29) is 11.1 Å². The summed E-state index contributed by atoms with van der Waals surface area (Å²) in [5.74, 6) is 0.667. The van der Waals surface area contributed by atoms with Crippen LogP contribution in [0.15, 0.2) is 42.5 Å². The van der Waals surface area contributed by atoms with Crippen molar-refractivity contribution in [3.8, 4) is 11.5 Å². The highest BCUT2D eigenvalue weighted by molar-refractivity contribution is 6.32. The summed E-state index contributed by atoms with van der Waals surface area (Å²) in [5.41, 5.74) is 6.95. The average molecular weight is 280 g/mol. The molecule has 0 spiro atoms. The van der Waals surface area contributed by atoms with Gasteiger partial charge < -0.3 is 10.5 Å². The Bertz CT molecular complexity index is 574. The van der Waals surface area contributed by atoms with Gasteiger partial charge in [-0.2, -0.15) is 0 Å². The molecule has 1 atom stereocenters. The first-order valence-corrected chi connectivity index (χ1v) is 6.47. The van der Waals surface area contributed by atoms with Gasteiger partial charge in [-0.1, -0.05) is 36.7 Å². The molecule has 0 aliphatic heterocycles. The molecule has 0 amide bonds. The molecule has 0 heterocycles. The van der Waals surface area contributed by atoms with Crippen LogP contribution in [0.5, 0.6) is 11.5 Å². The van der Waals surface area contributed by atoms with Crippen molar-refractivity contribution in [3.63, 3.8) is 0 Å². The molecule has 100 valence electrons. The molecule has 0 bridgehead atoms. The zero-order chi connectivity index (χ0) is 13.8. The fourth-order valence-corrected chi connectivity index (χ4v) is 1.98. The fraction of sp³-hybridized carbons (Fsp3) is 0.200. The number of halogens is 2. The predicted octanol–water partition coefficient (Wildman–Crippen LogP) is 4.68.